The number of anilines is 1. The molecule has 2 rings (SSSR count). The Kier molecular flexibility index (Phi) is 4.52. The molecular weight excluding hydrogens is 228 g/mol. The molecule has 0 saturated carbocycles. The number of hydrogen-bond acceptors (Lipinski definition) is 4. The summed E-state index contributed by atoms with van der Waals surface area (Å²) < 4.78 is 0. The summed E-state index contributed by atoms with van der Waals surface area (Å²) in [5, 5.41) is 9.54. The van der Waals surface area contributed by atoms with Gasteiger partial charge in [0.15, 0.2) is 0 Å². The standard InChI is InChI=1S/C13H20N4O/c1-2-15-13(18)12-8-10(5-7-16-12)17-11-4-3-6-14-9-11/h5,7-8,11,14H,2-4,6,9H2,1H3,(H,15,18)(H,16,17). The lowest BCUT2D eigenvalue weighted by molar-refractivity contribution is 0.0951. The SMILES string of the molecule is CCNC(=O)c1cc(NC2CCCNC2)ccn1. The van der Waals surface area contributed by atoms with Gasteiger partial charge in [0.2, 0.25) is 0 Å². The molecule has 0 aliphatic carbocycles. The summed E-state index contributed by atoms with van der Waals surface area (Å²) in [7, 11) is 0. The monoisotopic (exact) mass is 248 g/mol. The number of amides is 1. The molecule has 1 amide bonds. The third kappa shape index (κ3) is 3.43. The van der Waals surface area contributed by atoms with Crippen molar-refractivity contribution in [2.45, 2.75) is 25.8 Å². The van der Waals surface area contributed by atoms with Crippen LogP contribution in [0.1, 0.15) is 30.3 Å². The predicted molar refractivity (Wildman–Crippen MR) is 71.8 cm³/mol. The number of carbonyl (C=O) groups excluding carboxylic acids is 1. The van der Waals surface area contributed by atoms with Gasteiger partial charge in [0.25, 0.3) is 5.91 Å². The van der Waals surface area contributed by atoms with E-state index in [9.17, 15) is 4.79 Å². The van der Waals surface area contributed by atoms with Crippen molar-refractivity contribution in [1.82, 2.24) is 15.6 Å². The quantitative estimate of drug-likeness (QED) is 0.743. The molecule has 1 aliphatic rings. The molecule has 18 heavy (non-hydrogen) atoms. The van der Waals surface area contributed by atoms with Gasteiger partial charge in [0.1, 0.15) is 5.69 Å². The van der Waals surface area contributed by atoms with Crippen molar-refractivity contribution < 1.29 is 4.79 Å². The average molecular weight is 248 g/mol. The number of pyridine rings is 1. The van der Waals surface area contributed by atoms with Crippen LogP contribution in [0.25, 0.3) is 0 Å². The highest BCUT2D eigenvalue weighted by molar-refractivity contribution is 5.93. The van der Waals surface area contributed by atoms with Gasteiger partial charge in [-0.05, 0) is 38.4 Å². The Balaban J connectivity index is 2.00. The zero-order valence-electron chi connectivity index (χ0n) is 10.7. The molecule has 2 heterocycles. The first-order chi connectivity index (χ1) is 8.79. The van der Waals surface area contributed by atoms with Crippen LogP contribution in [0.2, 0.25) is 0 Å². The summed E-state index contributed by atoms with van der Waals surface area (Å²) >= 11 is 0. The zero-order chi connectivity index (χ0) is 12.8. The van der Waals surface area contributed by atoms with Crippen molar-refractivity contribution in [2.24, 2.45) is 0 Å². The third-order valence-electron chi connectivity index (χ3n) is 3.00. The number of piperidine rings is 1. The number of carbonyl (C=O) groups is 1. The molecule has 3 N–H and O–H groups in total. The molecule has 1 unspecified atom stereocenters. The van der Waals surface area contributed by atoms with Gasteiger partial charge in [0.05, 0.1) is 0 Å². The first-order valence-electron chi connectivity index (χ1n) is 6.51. The fraction of sp³-hybridized carbons (Fsp3) is 0.538. The van der Waals surface area contributed by atoms with Crippen molar-refractivity contribution >= 4 is 11.6 Å². The van der Waals surface area contributed by atoms with E-state index in [0.29, 0.717) is 18.3 Å². The highest BCUT2D eigenvalue weighted by atomic mass is 16.1. The maximum absolute atomic E-state index is 11.7. The molecule has 1 atom stereocenters. The van der Waals surface area contributed by atoms with Crippen molar-refractivity contribution in [3.05, 3.63) is 24.0 Å². The summed E-state index contributed by atoms with van der Waals surface area (Å²) in [5.41, 5.74) is 1.42. The molecule has 0 radical (unpaired) electrons. The van der Waals surface area contributed by atoms with Crippen LogP contribution in [-0.2, 0) is 0 Å². The molecular formula is C13H20N4O. The number of aromatic nitrogens is 1. The Labute approximate surface area is 107 Å². The largest absolute Gasteiger partial charge is 0.381 e. The van der Waals surface area contributed by atoms with Gasteiger partial charge < -0.3 is 16.0 Å². The topological polar surface area (TPSA) is 66.1 Å². The summed E-state index contributed by atoms with van der Waals surface area (Å²) in [4.78, 5) is 15.8. The molecule has 0 spiro atoms. The maximum atomic E-state index is 11.7. The van der Waals surface area contributed by atoms with Gasteiger partial charge in [-0.3, -0.25) is 9.78 Å². The lowest BCUT2D eigenvalue weighted by Gasteiger charge is -2.24. The molecule has 1 aliphatic heterocycles. The fourth-order valence-corrected chi connectivity index (χ4v) is 2.11. The van der Waals surface area contributed by atoms with E-state index in [4.69, 9.17) is 0 Å². The predicted octanol–water partition coefficient (Wildman–Crippen LogP) is 0.995. The number of hydrogen-bond donors (Lipinski definition) is 3. The summed E-state index contributed by atoms with van der Waals surface area (Å²) in [6.45, 7) is 4.58. The van der Waals surface area contributed by atoms with Gasteiger partial charge in [-0.15, -0.1) is 0 Å². The molecule has 5 nitrogen and oxygen atoms in total. The van der Waals surface area contributed by atoms with Crippen molar-refractivity contribution in [3.63, 3.8) is 0 Å². The van der Waals surface area contributed by atoms with Crippen LogP contribution < -0.4 is 16.0 Å². The molecule has 1 aromatic rings. The summed E-state index contributed by atoms with van der Waals surface area (Å²) in [5.74, 6) is -0.122. The number of rotatable bonds is 4. The fourth-order valence-electron chi connectivity index (χ4n) is 2.11. The summed E-state index contributed by atoms with van der Waals surface area (Å²) in [6, 6.07) is 4.14. The molecule has 5 heteroatoms. The molecule has 1 saturated heterocycles. The second-order valence-corrected chi connectivity index (χ2v) is 4.48. The van der Waals surface area contributed by atoms with Crippen molar-refractivity contribution in [1.29, 1.82) is 0 Å². The first-order valence-corrected chi connectivity index (χ1v) is 6.51. The van der Waals surface area contributed by atoms with Crippen LogP contribution in [-0.4, -0.2) is 36.6 Å². The number of nitrogens with one attached hydrogen (secondary N) is 3. The molecule has 1 aromatic heterocycles. The van der Waals surface area contributed by atoms with Crippen molar-refractivity contribution in [2.75, 3.05) is 25.0 Å². The summed E-state index contributed by atoms with van der Waals surface area (Å²) in [6.07, 6.45) is 4.01. The van der Waals surface area contributed by atoms with Crippen molar-refractivity contribution in [3.8, 4) is 0 Å². The minimum absolute atomic E-state index is 0.122. The van der Waals surface area contributed by atoms with E-state index >= 15 is 0 Å². The first kappa shape index (κ1) is 12.8. The van der Waals surface area contributed by atoms with Crippen LogP contribution in [0, 0.1) is 0 Å². The van der Waals surface area contributed by atoms with Gasteiger partial charge in [0, 0.05) is 31.0 Å². The highest BCUT2D eigenvalue weighted by Gasteiger charge is 2.13. The zero-order valence-corrected chi connectivity index (χ0v) is 10.7. The smallest absolute Gasteiger partial charge is 0.269 e. The molecule has 98 valence electrons. The second-order valence-electron chi connectivity index (χ2n) is 4.48. The van der Waals surface area contributed by atoms with Crippen LogP contribution in [0.15, 0.2) is 18.3 Å². The van der Waals surface area contributed by atoms with Gasteiger partial charge in [-0.1, -0.05) is 0 Å². The van der Waals surface area contributed by atoms with E-state index < -0.39 is 0 Å². The lowest BCUT2D eigenvalue weighted by Crippen LogP contribution is -2.38. The van der Waals surface area contributed by atoms with Crippen LogP contribution >= 0.6 is 0 Å². The van der Waals surface area contributed by atoms with E-state index in [2.05, 4.69) is 20.9 Å². The molecule has 0 bridgehead atoms. The van der Waals surface area contributed by atoms with E-state index in [1.807, 2.05) is 13.0 Å². The Morgan fingerprint density at radius 2 is 2.50 bits per heavy atom. The van der Waals surface area contributed by atoms with Gasteiger partial charge in [-0.25, -0.2) is 0 Å². The lowest BCUT2D eigenvalue weighted by atomic mass is 10.1. The Bertz CT molecular complexity index is 402. The van der Waals surface area contributed by atoms with Crippen LogP contribution in [0.3, 0.4) is 0 Å². The Morgan fingerprint density at radius 3 is 3.22 bits per heavy atom. The van der Waals surface area contributed by atoms with Crippen LogP contribution in [0.5, 0.6) is 0 Å². The number of nitrogens with zero attached hydrogens (tertiary/aromatic N) is 1. The average Bonchev–Trinajstić information content (AvgIpc) is 2.40. The van der Waals surface area contributed by atoms with E-state index in [1.165, 1.54) is 6.42 Å². The van der Waals surface area contributed by atoms with E-state index in [1.54, 1.807) is 12.3 Å². The maximum Gasteiger partial charge on any atom is 0.269 e. The van der Waals surface area contributed by atoms with E-state index in [-0.39, 0.29) is 5.91 Å². The second kappa shape index (κ2) is 6.35. The Morgan fingerprint density at radius 1 is 1.61 bits per heavy atom. The minimum Gasteiger partial charge on any atom is -0.381 e. The Hall–Kier alpha value is -1.62. The third-order valence-corrected chi connectivity index (χ3v) is 3.00. The van der Waals surface area contributed by atoms with Gasteiger partial charge >= 0.3 is 0 Å². The van der Waals surface area contributed by atoms with Gasteiger partial charge in [-0.2, -0.15) is 0 Å². The van der Waals surface area contributed by atoms with E-state index in [0.717, 1.165) is 25.2 Å². The minimum atomic E-state index is -0.122. The molecule has 0 aromatic carbocycles. The van der Waals surface area contributed by atoms with Crippen LogP contribution in [0.4, 0.5) is 5.69 Å². The normalized spacial score (nSPS) is 19.3. The highest BCUT2D eigenvalue weighted by Crippen LogP contribution is 2.13. The molecule has 1 fully saturated rings.